The molecule has 35 heavy (non-hydrogen) atoms. The van der Waals surface area contributed by atoms with Crippen LogP contribution < -0.4 is 10.2 Å². The largest absolute Gasteiger partial charge is 0.450 e. The lowest BCUT2D eigenvalue weighted by molar-refractivity contribution is -0.394. The summed E-state index contributed by atoms with van der Waals surface area (Å²) < 4.78 is 5.48. The third kappa shape index (κ3) is 7.06. The number of benzene rings is 3. The van der Waals surface area contributed by atoms with E-state index in [0.29, 0.717) is 10.5 Å². The van der Waals surface area contributed by atoms with Gasteiger partial charge in [0.2, 0.25) is 11.7 Å². The molecule has 0 radical (unpaired) electrons. The number of ether oxygens (including phenoxy) is 1. The van der Waals surface area contributed by atoms with Gasteiger partial charge in [-0.15, -0.1) is 11.8 Å². The number of nitro benzene ring substituents is 3. The molecule has 178 valence electrons. The maximum absolute atomic E-state index is 11.9. The van der Waals surface area contributed by atoms with Gasteiger partial charge in [0.05, 0.1) is 32.8 Å². The van der Waals surface area contributed by atoms with Crippen molar-refractivity contribution < 1.29 is 24.3 Å². The molecule has 3 aromatic carbocycles. The summed E-state index contributed by atoms with van der Waals surface area (Å²) in [6, 6.07) is 15.1. The lowest BCUT2D eigenvalue weighted by Crippen LogP contribution is -2.19. The van der Waals surface area contributed by atoms with Gasteiger partial charge in [-0.1, -0.05) is 0 Å². The van der Waals surface area contributed by atoms with Crippen LogP contribution in [0.1, 0.15) is 5.56 Å². The SMILES string of the molecule is O=C(CSc1ccc([N+](=O)[O-])cc1)NN=Cc1ccc(Oc2ccc([N+](=O)[O-])cc2[N+](=O)[O-])cc1. The van der Waals surface area contributed by atoms with Crippen molar-refractivity contribution >= 4 is 40.9 Å². The summed E-state index contributed by atoms with van der Waals surface area (Å²) in [5.74, 6) is -0.229. The van der Waals surface area contributed by atoms with E-state index in [-0.39, 0.29) is 28.8 Å². The van der Waals surface area contributed by atoms with E-state index >= 15 is 0 Å². The van der Waals surface area contributed by atoms with Crippen molar-refractivity contribution in [3.05, 3.63) is 103 Å². The zero-order chi connectivity index (χ0) is 25.4. The Morgan fingerprint density at radius 1 is 0.886 bits per heavy atom. The van der Waals surface area contributed by atoms with Crippen molar-refractivity contribution in [3.63, 3.8) is 0 Å². The highest BCUT2D eigenvalue weighted by Crippen LogP contribution is 2.34. The van der Waals surface area contributed by atoms with Crippen LogP contribution in [0.5, 0.6) is 11.5 Å². The second-order valence-electron chi connectivity index (χ2n) is 6.67. The molecule has 3 aromatic rings. The number of nitrogens with zero attached hydrogens (tertiary/aromatic N) is 4. The van der Waals surface area contributed by atoms with Crippen LogP contribution >= 0.6 is 11.8 Å². The number of hydrogen-bond donors (Lipinski definition) is 1. The molecule has 14 heteroatoms. The minimum absolute atomic E-state index is 0.0363. The highest BCUT2D eigenvalue weighted by atomic mass is 32.2. The van der Waals surface area contributed by atoms with Gasteiger partial charge in [-0.05, 0) is 48.0 Å². The third-order valence-electron chi connectivity index (χ3n) is 4.28. The minimum atomic E-state index is -0.772. The number of hydrogen-bond acceptors (Lipinski definition) is 10. The molecule has 0 bridgehead atoms. The molecule has 13 nitrogen and oxygen atoms in total. The van der Waals surface area contributed by atoms with Crippen LogP contribution in [0.2, 0.25) is 0 Å². The molecule has 0 saturated carbocycles. The summed E-state index contributed by atoms with van der Waals surface area (Å²) in [5, 5.41) is 36.5. The van der Waals surface area contributed by atoms with E-state index in [1.165, 1.54) is 42.2 Å². The number of carbonyl (C=O) groups is 1. The first-order chi connectivity index (χ1) is 16.7. The van der Waals surface area contributed by atoms with Gasteiger partial charge in [-0.25, -0.2) is 5.43 Å². The molecule has 0 aliphatic carbocycles. The zero-order valence-electron chi connectivity index (χ0n) is 17.6. The van der Waals surface area contributed by atoms with Crippen molar-refractivity contribution in [1.29, 1.82) is 0 Å². The topological polar surface area (TPSA) is 180 Å². The van der Waals surface area contributed by atoms with Crippen LogP contribution in [-0.2, 0) is 4.79 Å². The fraction of sp³-hybridized carbons (Fsp3) is 0.0476. The molecule has 0 aliphatic rings. The predicted octanol–water partition coefficient (Wildman–Crippen LogP) is 4.45. The third-order valence-corrected chi connectivity index (χ3v) is 5.29. The van der Waals surface area contributed by atoms with Crippen molar-refractivity contribution in [2.45, 2.75) is 4.90 Å². The van der Waals surface area contributed by atoms with E-state index < -0.39 is 26.1 Å². The Hall–Kier alpha value is -4.85. The molecule has 0 aliphatic heterocycles. The Labute approximate surface area is 200 Å². The zero-order valence-corrected chi connectivity index (χ0v) is 18.4. The smallest absolute Gasteiger partial charge is 0.318 e. The maximum Gasteiger partial charge on any atom is 0.318 e. The Balaban J connectivity index is 1.53. The lowest BCUT2D eigenvalue weighted by atomic mass is 10.2. The van der Waals surface area contributed by atoms with Gasteiger partial charge in [0, 0.05) is 23.1 Å². The monoisotopic (exact) mass is 497 g/mol. The van der Waals surface area contributed by atoms with E-state index in [1.54, 1.807) is 24.3 Å². The highest BCUT2D eigenvalue weighted by molar-refractivity contribution is 8.00. The van der Waals surface area contributed by atoms with Gasteiger partial charge in [-0.3, -0.25) is 35.1 Å². The summed E-state index contributed by atoms with van der Waals surface area (Å²) >= 11 is 1.19. The molecule has 1 amide bonds. The van der Waals surface area contributed by atoms with Gasteiger partial charge >= 0.3 is 5.69 Å². The van der Waals surface area contributed by atoms with Crippen molar-refractivity contribution in [2.24, 2.45) is 5.10 Å². The average Bonchev–Trinajstić information content (AvgIpc) is 2.84. The Kier molecular flexibility index (Phi) is 8.02. The van der Waals surface area contributed by atoms with E-state index in [2.05, 4.69) is 10.5 Å². The van der Waals surface area contributed by atoms with Crippen LogP contribution in [0, 0.1) is 30.3 Å². The number of hydrazone groups is 1. The summed E-state index contributed by atoms with van der Waals surface area (Å²) in [7, 11) is 0. The number of nitro groups is 3. The molecule has 0 unspecified atom stereocenters. The molecular weight excluding hydrogens is 482 g/mol. The second-order valence-corrected chi connectivity index (χ2v) is 7.72. The quantitative estimate of drug-likeness (QED) is 0.183. The molecule has 0 fully saturated rings. The van der Waals surface area contributed by atoms with E-state index in [9.17, 15) is 35.1 Å². The predicted molar refractivity (Wildman–Crippen MR) is 126 cm³/mol. The fourth-order valence-corrected chi connectivity index (χ4v) is 3.31. The first-order valence-electron chi connectivity index (χ1n) is 9.63. The van der Waals surface area contributed by atoms with Crippen molar-refractivity contribution in [3.8, 4) is 11.5 Å². The number of non-ortho nitro benzene ring substituents is 2. The molecule has 0 aromatic heterocycles. The van der Waals surface area contributed by atoms with E-state index in [0.717, 1.165) is 18.2 Å². The van der Waals surface area contributed by atoms with Gasteiger partial charge in [0.25, 0.3) is 11.4 Å². The van der Waals surface area contributed by atoms with Crippen molar-refractivity contribution in [1.82, 2.24) is 5.43 Å². The van der Waals surface area contributed by atoms with Gasteiger partial charge in [0.1, 0.15) is 5.75 Å². The summed E-state index contributed by atoms with van der Waals surface area (Å²) in [5.41, 5.74) is 1.95. The van der Waals surface area contributed by atoms with Crippen LogP contribution in [0.4, 0.5) is 17.1 Å². The van der Waals surface area contributed by atoms with Gasteiger partial charge < -0.3 is 4.74 Å². The number of carbonyl (C=O) groups excluding carboxylic acids is 1. The van der Waals surface area contributed by atoms with Crippen molar-refractivity contribution in [2.75, 3.05) is 5.75 Å². The maximum atomic E-state index is 11.9. The number of nitrogens with one attached hydrogen (secondary N) is 1. The summed E-state index contributed by atoms with van der Waals surface area (Å²) in [6.07, 6.45) is 1.38. The van der Waals surface area contributed by atoms with Crippen LogP contribution in [0.15, 0.2) is 76.7 Å². The molecule has 1 N–H and O–H groups in total. The lowest BCUT2D eigenvalue weighted by Gasteiger charge is -2.06. The summed E-state index contributed by atoms with van der Waals surface area (Å²) in [6.45, 7) is 0. The Bertz CT molecular complexity index is 1300. The first-order valence-corrected chi connectivity index (χ1v) is 10.6. The van der Waals surface area contributed by atoms with E-state index in [4.69, 9.17) is 4.74 Å². The van der Waals surface area contributed by atoms with Crippen LogP contribution in [-0.4, -0.2) is 32.6 Å². The molecule has 0 heterocycles. The molecule has 3 rings (SSSR count). The fourth-order valence-electron chi connectivity index (χ4n) is 2.62. The molecule has 0 saturated heterocycles. The normalized spacial score (nSPS) is 10.6. The Morgan fingerprint density at radius 3 is 2.11 bits per heavy atom. The summed E-state index contributed by atoms with van der Waals surface area (Å²) in [4.78, 5) is 43.3. The molecular formula is C21H15N5O8S. The first kappa shape index (κ1) is 24.8. The van der Waals surface area contributed by atoms with Crippen LogP contribution in [0.25, 0.3) is 0 Å². The molecule has 0 atom stereocenters. The minimum Gasteiger partial charge on any atom is -0.450 e. The average molecular weight is 497 g/mol. The number of thioether (sulfide) groups is 1. The highest BCUT2D eigenvalue weighted by Gasteiger charge is 2.21. The standard InChI is InChI=1S/C21H15N5O8S/c27-21(13-35-18-8-3-15(4-9-18)24(28)29)23-22-12-14-1-6-17(7-2-14)34-20-10-5-16(25(30)31)11-19(20)26(32)33/h1-12H,13H2,(H,23,27). The van der Waals surface area contributed by atoms with Gasteiger partial charge in [-0.2, -0.15) is 5.10 Å². The number of amides is 1. The van der Waals surface area contributed by atoms with E-state index in [1.807, 2.05) is 0 Å². The van der Waals surface area contributed by atoms with Gasteiger partial charge in [0.15, 0.2) is 0 Å². The van der Waals surface area contributed by atoms with Crippen LogP contribution in [0.3, 0.4) is 0 Å². The molecule has 0 spiro atoms. The number of rotatable bonds is 10. The second kappa shape index (κ2) is 11.3. The Morgan fingerprint density at radius 2 is 1.51 bits per heavy atom.